The lowest BCUT2D eigenvalue weighted by Gasteiger charge is -2.40. The van der Waals surface area contributed by atoms with E-state index in [0.29, 0.717) is 0 Å². The first-order valence-corrected chi connectivity index (χ1v) is 19.3. The average molecular weight is 686 g/mol. The van der Waals surface area contributed by atoms with Crippen LogP contribution in [0.1, 0.15) is 73.4 Å². The van der Waals surface area contributed by atoms with Crippen LogP contribution >= 0.6 is 11.6 Å². The number of nitrogens with zero attached hydrogens (tertiary/aromatic N) is 5. The highest BCUT2D eigenvalue weighted by atomic mass is 35.5. The van der Waals surface area contributed by atoms with Crippen LogP contribution in [0.25, 0.3) is 16.9 Å². The number of para-hydroxylation sites is 1. The Labute approximate surface area is 304 Å². The summed E-state index contributed by atoms with van der Waals surface area (Å²) in [6.45, 7) is 10.8. The van der Waals surface area contributed by atoms with E-state index < -0.39 is 0 Å². The molecular formula is C44H52ClN5. The molecule has 7 rings (SSSR count). The van der Waals surface area contributed by atoms with Gasteiger partial charge in [-0.2, -0.15) is 5.10 Å². The molecule has 5 aromatic rings. The van der Waals surface area contributed by atoms with Gasteiger partial charge in [-0.05, 0) is 72.3 Å². The van der Waals surface area contributed by atoms with Gasteiger partial charge >= 0.3 is 0 Å². The number of hydrogen-bond donors (Lipinski definition) is 0. The molecule has 1 aliphatic carbocycles. The fraction of sp³-hybridized carbons (Fsp3) is 0.386. The third-order valence-electron chi connectivity index (χ3n) is 11.0. The van der Waals surface area contributed by atoms with Gasteiger partial charge in [0.25, 0.3) is 0 Å². The molecule has 50 heavy (non-hydrogen) atoms. The highest BCUT2D eigenvalue weighted by Gasteiger charge is 2.26. The van der Waals surface area contributed by atoms with Crippen LogP contribution in [0.15, 0.2) is 115 Å². The SMILES string of the molecule is CCN(CCc1cc(-c2ccc(C3CCCCC3)cc2)n(-c2ccccc2)n1)CCN1CCN(C(c2ccccc2)c2ccc(Cl)cc2)CC1. The molecule has 1 unspecified atom stereocenters. The molecule has 4 aromatic carbocycles. The number of halogens is 1. The van der Waals surface area contributed by atoms with Gasteiger partial charge in [0.15, 0.2) is 0 Å². The van der Waals surface area contributed by atoms with Crippen molar-refractivity contribution in [2.24, 2.45) is 0 Å². The third-order valence-corrected chi connectivity index (χ3v) is 11.2. The zero-order chi connectivity index (χ0) is 34.1. The highest BCUT2D eigenvalue weighted by Crippen LogP contribution is 2.34. The zero-order valence-electron chi connectivity index (χ0n) is 29.6. The van der Waals surface area contributed by atoms with Gasteiger partial charge in [-0.15, -0.1) is 0 Å². The van der Waals surface area contributed by atoms with E-state index in [1.54, 1.807) is 0 Å². The zero-order valence-corrected chi connectivity index (χ0v) is 30.4. The topological polar surface area (TPSA) is 27.5 Å². The first-order valence-electron chi connectivity index (χ1n) is 18.9. The van der Waals surface area contributed by atoms with Crippen molar-refractivity contribution >= 4 is 11.6 Å². The molecule has 0 N–H and O–H groups in total. The molecule has 0 spiro atoms. The lowest BCUT2D eigenvalue weighted by Crippen LogP contribution is -2.49. The van der Waals surface area contributed by atoms with E-state index in [1.807, 2.05) is 12.1 Å². The molecule has 6 heteroatoms. The van der Waals surface area contributed by atoms with Gasteiger partial charge in [-0.1, -0.05) is 123 Å². The fourth-order valence-electron chi connectivity index (χ4n) is 8.01. The second-order valence-electron chi connectivity index (χ2n) is 14.2. The maximum absolute atomic E-state index is 6.25. The first-order chi connectivity index (χ1) is 24.6. The van der Waals surface area contributed by atoms with Crippen LogP contribution in [0.3, 0.4) is 0 Å². The predicted octanol–water partition coefficient (Wildman–Crippen LogP) is 9.51. The molecule has 2 fully saturated rings. The minimum atomic E-state index is 0.248. The van der Waals surface area contributed by atoms with Gasteiger partial charge in [0, 0.05) is 62.8 Å². The summed E-state index contributed by atoms with van der Waals surface area (Å²) < 4.78 is 2.15. The minimum absolute atomic E-state index is 0.248. The van der Waals surface area contributed by atoms with E-state index in [0.717, 1.165) is 81.1 Å². The molecule has 1 saturated heterocycles. The molecule has 0 bridgehead atoms. The number of likely N-dealkylation sites (N-methyl/N-ethyl adjacent to an activating group) is 1. The van der Waals surface area contributed by atoms with Crippen LogP contribution in [0.5, 0.6) is 0 Å². The summed E-state index contributed by atoms with van der Waals surface area (Å²) in [6.07, 6.45) is 7.71. The molecular weight excluding hydrogens is 634 g/mol. The Bertz CT molecular complexity index is 1740. The second kappa shape index (κ2) is 17.0. The Morgan fingerprint density at radius 1 is 0.740 bits per heavy atom. The van der Waals surface area contributed by atoms with Crippen LogP contribution in [0.4, 0.5) is 0 Å². The molecule has 260 valence electrons. The lowest BCUT2D eigenvalue weighted by molar-refractivity contribution is 0.0999. The minimum Gasteiger partial charge on any atom is -0.302 e. The Morgan fingerprint density at radius 2 is 1.40 bits per heavy atom. The summed E-state index contributed by atoms with van der Waals surface area (Å²) in [4.78, 5) is 7.87. The van der Waals surface area contributed by atoms with Crippen molar-refractivity contribution in [2.45, 2.75) is 57.4 Å². The Balaban J connectivity index is 0.965. The van der Waals surface area contributed by atoms with Crippen molar-refractivity contribution in [3.8, 4) is 16.9 Å². The van der Waals surface area contributed by atoms with E-state index >= 15 is 0 Å². The number of rotatable bonds is 13. The summed E-state index contributed by atoms with van der Waals surface area (Å²) in [5.74, 6) is 0.719. The summed E-state index contributed by atoms with van der Waals surface area (Å²) in [5, 5.41) is 5.96. The molecule has 1 aliphatic heterocycles. The molecule has 1 saturated carbocycles. The predicted molar refractivity (Wildman–Crippen MR) is 208 cm³/mol. The summed E-state index contributed by atoms with van der Waals surface area (Å²) in [6, 6.07) is 41.9. The van der Waals surface area contributed by atoms with Crippen LogP contribution in [0, 0.1) is 0 Å². The summed E-state index contributed by atoms with van der Waals surface area (Å²) >= 11 is 6.25. The maximum atomic E-state index is 6.25. The van der Waals surface area contributed by atoms with Gasteiger partial charge in [-0.3, -0.25) is 9.80 Å². The van der Waals surface area contributed by atoms with Crippen molar-refractivity contribution < 1.29 is 0 Å². The van der Waals surface area contributed by atoms with Crippen molar-refractivity contribution in [1.29, 1.82) is 0 Å². The first kappa shape index (κ1) is 34.7. The Morgan fingerprint density at radius 3 is 2.08 bits per heavy atom. The van der Waals surface area contributed by atoms with Crippen molar-refractivity contribution in [3.63, 3.8) is 0 Å². The second-order valence-corrected chi connectivity index (χ2v) is 14.6. The van der Waals surface area contributed by atoms with E-state index in [-0.39, 0.29) is 6.04 Å². The quantitative estimate of drug-likeness (QED) is 0.123. The van der Waals surface area contributed by atoms with Crippen molar-refractivity contribution in [1.82, 2.24) is 24.5 Å². The third kappa shape index (κ3) is 8.58. The molecule has 2 heterocycles. The monoisotopic (exact) mass is 685 g/mol. The molecule has 0 amide bonds. The van der Waals surface area contributed by atoms with Gasteiger partial charge < -0.3 is 4.90 Å². The number of hydrogen-bond acceptors (Lipinski definition) is 4. The normalized spacial score (nSPS) is 16.9. The molecule has 0 radical (unpaired) electrons. The Kier molecular flexibility index (Phi) is 11.8. The average Bonchev–Trinajstić information content (AvgIpc) is 3.62. The van der Waals surface area contributed by atoms with E-state index in [2.05, 4.69) is 129 Å². The van der Waals surface area contributed by atoms with Gasteiger partial charge in [-0.25, -0.2) is 4.68 Å². The van der Waals surface area contributed by atoms with Gasteiger partial charge in [0.2, 0.25) is 0 Å². The van der Waals surface area contributed by atoms with Gasteiger partial charge in [0.05, 0.1) is 23.1 Å². The van der Waals surface area contributed by atoms with Crippen molar-refractivity contribution in [2.75, 3.05) is 52.4 Å². The number of benzene rings is 4. The molecule has 1 atom stereocenters. The molecule has 2 aliphatic rings. The van der Waals surface area contributed by atoms with Crippen LogP contribution in [0.2, 0.25) is 5.02 Å². The fourth-order valence-corrected chi connectivity index (χ4v) is 8.14. The number of piperazine rings is 1. The van der Waals surface area contributed by atoms with Gasteiger partial charge in [0.1, 0.15) is 0 Å². The van der Waals surface area contributed by atoms with Crippen LogP contribution < -0.4 is 0 Å². The van der Waals surface area contributed by atoms with Crippen LogP contribution in [-0.4, -0.2) is 76.8 Å². The smallest absolute Gasteiger partial charge is 0.0743 e. The lowest BCUT2D eigenvalue weighted by atomic mass is 9.84. The highest BCUT2D eigenvalue weighted by molar-refractivity contribution is 6.30. The maximum Gasteiger partial charge on any atom is 0.0743 e. The Hall–Kier alpha value is -3.74. The standard InChI is InChI=1S/C44H52ClN5/c1-2-47(28-29-48-30-32-49(33-31-48)44(38-14-8-4-9-15-38)39-22-24-40(45)25-23-39)27-26-41-34-43(50(46-41)42-16-10-5-11-17-42)37-20-18-36(19-21-37)35-12-6-3-7-13-35/h4-5,8-11,14-25,34-35,44H,2-3,6-7,12-13,26-33H2,1H3. The largest absolute Gasteiger partial charge is 0.302 e. The summed E-state index contributed by atoms with van der Waals surface area (Å²) in [5.41, 5.74) is 8.83. The van der Waals surface area contributed by atoms with Crippen LogP contribution in [-0.2, 0) is 6.42 Å². The van der Waals surface area contributed by atoms with E-state index in [4.69, 9.17) is 16.7 Å². The number of aromatic nitrogens is 2. The van der Waals surface area contributed by atoms with E-state index in [1.165, 1.54) is 60.1 Å². The summed E-state index contributed by atoms with van der Waals surface area (Å²) in [7, 11) is 0. The molecule has 1 aromatic heterocycles. The molecule has 5 nitrogen and oxygen atoms in total. The van der Waals surface area contributed by atoms with E-state index in [9.17, 15) is 0 Å². The van der Waals surface area contributed by atoms with Crippen molar-refractivity contribution in [3.05, 3.63) is 143 Å².